The molecule has 0 bridgehead atoms. The van der Waals surface area contributed by atoms with E-state index in [0.29, 0.717) is 13.0 Å². The maximum absolute atomic E-state index is 11.0. The number of rotatable bonds is 1. The molecule has 1 rings (SSSR count). The van der Waals surface area contributed by atoms with Gasteiger partial charge in [0.05, 0.1) is 0 Å². The van der Waals surface area contributed by atoms with Crippen molar-refractivity contribution in [2.24, 2.45) is 0 Å². The van der Waals surface area contributed by atoms with E-state index >= 15 is 0 Å². The van der Waals surface area contributed by atoms with Crippen LogP contribution in [0.15, 0.2) is 0 Å². The van der Waals surface area contributed by atoms with E-state index in [9.17, 15) is 13.2 Å². The molecule has 0 aromatic carbocycles. The molecule has 0 aromatic heterocycles. The number of nitrogens with one attached hydrogen (secondary N) is 1. The standard InChI is InChI=1S/C6H11NO4S/c8-6-5(12(9,10)11)3-1-2-4-7-6/h5H,1-4H2,(H,7,8)(H,9,10,11). The van der Waals surface area contributed by atoms with E-state index in [4.69, 9.17) is 4.55 Å². The van der Waals surface area contributed by atoms with Crippen molar-refractivity contribution in [1.29, 1.82) is 0 Å². The zero-order valence-electron chi connectivity index (χ0n) is 6.49. The smallest absolute Gasteiger partial charge is 0.276 e. The predicted octanol–water partition coefficient (Wildman–Crippen LogP) is -0.457. The third-order valence-corrected chi connectivity index (χ3v) is 3.01. The minimum atomic E-state index is -4.21. The summed E-state index contributed by atoms with van der Waals surface area (Å²) < 4.78 is 29.9. The molecule has 1 aliphatic heterocycles. The number of carbonyl (C=O) groups is 1. The number of carbonyl (C=O) groups excluding carboxylic acids is 1. The molecule has 6 heteroatoms. The summed E-state index contributed by atoms with van der Waals surface area (Å²) in [4.78, 5) is 11.0. The fourth-order valence-electron chi connectivity index (χ4n) is 1.20. The summed E-state index contributed by atoms with van der Waals surface area (Å²) in [7, 11) is -4.21. The van der Waals surface area contributed by atoms with Gasteiger partial charge in [-0.2, -0.15) is 8.42 Å². The zero-order chi connectivity index (χ0) is 9.19. The monoisotopic (exact) mass is 193 g/mol. The molecule has 12 heavy (non-hydrogen) atoms. The molecule has 0 aromatic rings. The van der Waals surface area contributed by atoms with Gasteiger partial charge in [-0.05, 0) is 19.3 Å². The first-order chi connectivity index (χ1) is 5.52. The van der Waals surface area contributed by atoms with Crippen molar-refractivity contribution in [2.45, 2.75) is 24.5 Å². The summed E-state index contributed by atoms with van der Waals surface area (Å²) in [6.07, 6.45) is 1.62. The van der Waals surface area contributed by atoms with Crippen LogP contribution in [-0.2, 0) is 14.9 Å². The summed E-state index contributed by atoms with van der Waals surface area (Å²) in [5, 5.41) is 1.16. The van der Waals surface area contributed by atoms with Crippen molar-refractivity contribution in [1.82, 2.24) is 5.32 Å². The lowest BCUT2D eigenvalue weighted by Gasteiger charge is -2.08. The molecule has 0 saturated carbocycles. The minimum absolute atomic E-state index is 0.213. The number of hydrogen-bond acceptors (Lipinski definition) is 3. The Morgan fingerprint density at radius 2 is 2.08 bits per heavy atom. The molecule has 0 spiro atoms. The Labute approximate surface area is 70.9 Å². The molecule has 1 fully saturated rings. The van der Waals surface area contributed by atoms with Crippen LogP contribution in [0.2, 0.25) is 0 Å². The van der Waals surface area contributed by atoms with Crippen LogP contribution < -0.4 is 5.32 Å². The molecular formula is C6H11NO4S. The Morgan fingerprint density at radius 1 is 1.42 bits per heavy atom. The van der Waals surface area contributed by atoms with Crippen LogP contribution in [0.1, 0.15) is 19.3 Å². The first-order valence-electron chi connectivity index (χ1n) is 3.76. The van der Waals surface area contributed by atoms with E-state index in [-0.39, 0.29) is 6.42 Å². The normalized spacial score (nSPS) is 26.1. The largest absolute Gasteiger partial charge is 0.355 e. The van der Waals surface area contributed by atoms with Crippen molar-refractivity contribution in [2.75, 3.05) is 6.54 Å². The molecule has 1 atom stereocenters. The van der Waals surface area contributed by atoms with Crippen LogP contribution in [-0.4, -0.2) is 30.7 Å². The van der Waals surface area contributed by atoms with Gasteiger partial charge in [0.1, 0.15) is 0 Å². The summed E-state index contributed by atoms with van der Waals surface area (Å²) in [6.45, 7) is 0.491. The van der Waals surface area contributed by atoms with Gasteiger partial charge in [0.25, 0.3) is 10.1 Å². The molecule has 1 saturated heterocycles. The molecule has 1 unspecified atom stereocenters. The first-order valence-corrected chi connectivity index (χ1v) is 5.26. The van der Waals surface area contributed by atoms with Gasteiger partial charge >= 0.3 is 0 Å². The highest BCUT2D eigenvalue weighted by molar-refractivity contribution is 7.87. The van der Waals surface area contributed by atoms with Gasteiger partial charge in [-0.15, -0.1) is 0 Å². The molecule has 1 aliphatic rings. The first kappa shape index (κ1) is 9.47. The van der Waals surface area contributed by atoms with Crippen molar-refractivity contribution >= 4 is 16.0 Å². The van der Waals surface area contributed by atoms with E-state index in [1.165, 1.54) is 0 Å². The third-order valence-electron chi connectivity index (χ3n) is 1.84. The van der Waals surface area contributed by atoms with Gasteiger partial charge in [-0.25, -0.2) is 0 Å². The maximum atomic E-state index is 11.0. The second-order valence-corrected chi connectivity index (χ2v) is 4.39. The van der Waals surface area contributed by atoms with Gasteiger partial charge in [-0.3, -0.25) is 9.35 Å². The van der Waals surface area contributed by atoms with E-state index < -0.39 is 21.3 Å². The van der Waals surface area contributed by atoms with Gasteiger partial charge in [0, 0.05) is 6.54 Å². The average Bonchev–Trinajstić information content (AvgIpc) is 2.11. The Bertz CT molecular complexity index is 271. The Balaban J connectivity index is 2.80. The number of hydrogen-bond donors (Lipinski definition) is 2. The van der Waals surface area contributed by atoms with E-state index in [0.717, 1.165) is 6.42 Å². The van der Waals surface area contributed by atoms with E-state index in [2.05, 4.69) is 5.32 Å². The topological polar surface area (TPSA) is 83.5 Å². The molecule has 0 aliphatic carbocycles. The molecular weight excluding hydrogens is 182 g/mol. The van der Waals surface area contributed by atoms with Crippen molar-refractivity contribution in [3.8, 4) is 0 Å². The Hall–Kier alpha value is -0.620. The summed E-state index contributed by atoms with van der Waals surface area (Å²) >= 11 is 0. The average molecular weight is 193 g/mol. The highest BCUT2D eigenvalue weighted by Gasteiger charge is 2.31. The third kappa shape index (κ3) is 2.18. The lowest BCUT2D eigenvalue weighted by Crippen LogP contribution is -2.37. The van der Waals surface area contributed by atoms with E-state index in [1.807, 2.05) is 0 Å². The SMILES string of the molecule is O=C1NCCCCC1S(=O)(=O)O. The molecule has 0 radical (unpaired) electrons. The van der Waals surface area contributed by atoms with Crippen LogP contribution >= 0.6 is 0 Å². The predicted molar refractivity (Wildman–Crippen MR) is 42.2 cm³/mol. The van der Waals surface area contributed by atoms with Crippen LogP contribution in [0, 0.1) is 0 Å². The second kappa shape index (κ2) is 3.40. The summed E-state index contributed by atoms with van der Waals surface area (Å²) in [6, 6.07) is 0. The van der Waals surface area contributed by atoms with Gasteiger partial charge in [0.15, 0.2) is 5.25 Å². The Morgan fingerprint density at radius 3 is 2.67 bits per heavy atom. The van der Waals surface area contributed by atoms with Gasteiger partial charge < -0.3 is 5.32 Å². The van der Waals surface area contributed by atoms with Crippen LogP contribution in [0.3, 0.4) is 0 Å². The summed E-state index contributed by atoms with van der Waals surface area (Å²) in [5.74, 6) is -0.588. The fourth-order valence-corrected chi connectivity index (χ4v) is 2.01. The van der Waals surface area contributed by atoms with Crippen LogP contribution in [0.4, 0.5) is 0 Å². The highest BCUT2D eigenvalue weighted by Crippen LogP contribution is 2.11. The van der Waals surface area contributed by atoms with Crippen molar-refractivity contribution in [3.63, 3.8) is 0 Å². The van der Waals surface area contributed by atoms with E-state index in [1.54, 1.807) is 0 Å². The van der Waals surface area contributed by atoms with Gasteiger partial charge in [-0.1, -0.05) is 0 Å². The summed E-state index contributed by atoms with van der Waals surface area (Å²) in [5.41, 5.74) is 0. The zero-order valence-corrected chi connectivity index (χ0v) is 7.30. The second-order valence-electron chi connectivity index (χ2n) is 2.79. The number of amides is 1. The quantitative estimate of drug-likeness (QED) is 0.552. The molecule has 1 amide bonds. The highest BCUT2D eigenvalue weighted by atomic mass is 32.2. The van der Waals surface area contributed by atoms with Crippen LogP contribution in [0.5, 0.6) is 0 Å². The minimum Gasteiger partial charge on any atom is -0.355 e. The molecule has 5 nitrogen and oxygen atoms in total. The molecule has 70 valence electrons. The van der Waals surface area contributed by atoms with Crippen molar-refractivity contribution < 1.29 is 17.8 Å². The van der Waals surface area contributed by atoms with Crippen molar-refractivity contribution in [3.05, 3.63) is 0 Å². The fraction of sp³-hybridized carbons (Fsp3) is 0.833. The van der Waals surface area contributed by atoms with Crippen LogP contribution in [0.25, 0.3) is 0 Å². The van der Waals surface area contributed by atoms with Gasteiger partial charge in [0.2, 0.25) is 5.91 Å². The molecule has 1 heterocycles. The Kier molecular flexibility index (Phi) is 2.69. The lowest BCUT2D eigenvalue weighted by atomic mass is 10.2. The lowest BCUT2D eigenvalue weighted by molar-refractivity contribution is -0.120. The maximum Gasteiger partial charge on any atom is 0.276 e. The molecule has 2 N–H and O–H groups in total.